The molecular weight excluding hydrogens is 388 g/mol. The Bertz CT molecular complexity index is 830. The molecule has 9 nitrogen and oxygen atoms in total. The van der Waals surface area contributed by atoms with E-state index in [0.29, 0.717) is 12.4 Å². The fourth-order valence-corrected chi connectivity index (χ4v) is 4.60. The van der Waals surface area contributed by atoms with Crippen LogP contribution < -0.4 is 10.2 Å². The van der Waals surface area contributed by atoms with Gasteiger partial charge in [-0.2, -0.15) is 4.31 Å². The topological polar surface area (TPSA) is 114 Å². The zero-order chi connectivity index (χ0) is 20.7. The van der Waals surface area contributed by atoms with E-state index in [1.807, 2.05) is 0 Å². The molecule has 1 fully saturated rings. The number of sulfonamides is 1. The zero-order valence-electron chi connectivity index (χ0n) is 15.9. The number of rotatable bonds is 6. The smallest absolute Gasteiger partial charge is 0.264 e. The molecule has 0 radical (unpaired) electrons. The summed E-state index contributed by atoms with van der Waals surface area (Å²) in [5.74, 6) is 5.11. The van der Waals surface area contributed by atoms with E-state index in [4.69, 9.17) is 19.4 Å². The minimum absolute atomic E-state index is 0.00218. The fourth-order valence-electron chi connectivity index (χ4n) is 2.88. The van der Waals surface area contributed by atoms with Gasteiger partial charge in [0.15, 0.2) is 0 Å². The lowest BCUT2D eigenvalue weighted by molar-refractivity contribution is -0.146. The largest absolute Gasteiger partial charge is 0.481 e. The first-order valence-electron chi connectivity index (χ1n) is 8.60. The van der Waals surface area contributed by atoms with E-state index >= 15 is 0 Å². The van der Waals surface area contributed by atoms with Crippen LogP contribution in [0.15, 0.2) is 29.2 Å². The van der Waals surface area contributed by atoms with Gasteiger partial charge in [-0.3, -0.25) is 10.0 Å². The van der Waals surface area contributed by atoms with Crippen molar-refractivity contribution in [2.75, 3.05) is 26.9 Å². The van der Waals surface area contributed by atoms with Gasteiger partial charge in [-0.15, -0.1) is 0 Å². The van der Waals surface area contributed by atoms with Crippen LogP contribution in [0.3, 0.4) is 0 Å². The van der Waals surface area contributed by atoms with Crippen molar-refractivity contribution in [1.29, 1.82) is 0 Å². The van der Waals surface area contributed by atoms with Gasteiger partial charge in [0.2, 0.25) is 10.0 Å². The minimum Gasteiger partial charge on any atom is -0.481 e. The highest BCUT2D eigenvalue weighted by atomic mass is 32.2. The maximum absolute atomic E-state index is 13.1. The Morgan fingerprint density at radius 1 is 1.29 bits per heavy atom. The SMILES string of the molecule is COCC#CCOc1ccc(S(=O)(=O)N2CC(C)OC(C)C2C(=O)NO)cc1. The van der Waals surface area contributed by atoms with E-state index in [2.05, 4.69) is 11.8 Å². The molecule has 10 heteroatoms. The first kappa shape index (κ1) is 22.1. The summed E-state index contributed by atoms with van der Waals surface area (Å²) in [4.78, 5) is 12.0. The van der Waals surface area contributed by atoms with Gasteiger partial charge < -0.3 is 14.2 Å². The quantitative estimate of drug-likeness (QED) is 0.395. The molecule has 0 aliphatic carbocycles. The van der Waals surface area contributed by atoms with E-state index < -0.39 is 34.2 Å². The van der Waals surface area contributed by atoms with Crippen LogP contribution in [0.4, 0.5) is 0 Å². The number of nitrogens with zero attached hydrogens (tertiary/aromatic N) is 1. The molecule has 3 unspecified atom stereocenters. The molecule has 1 amide bonds. The average molecular weight is 412 g/mol. The van der Waals surface area contributed by atoms with Crippen LogP contribution in [0, 0.1) is 11.8 Å². The molecule has 0 spiro atoms. The van der Waals surface area contributed by atoms with Gasteiger partial charge >= 0.3 is 0 Å². The second kappa shape index (κ2) is 9.86. The Kier molecular flexibility index (Phi) is 7.79. The molecule has 2 rings (SSSR count). The van der Waals surface area contributed by atoms with Gasteiger partial charge in [-0.25, -0.2) is 13.9 Å². The summed E-state index contributed by atoms with van der Waals surface area (Å²) < 4.78 is 43.0. The summed E-state index contributed by atoms with van der Waals surface area (Å²) in [5, 5.41) is 8.99. The highest BCUT2D eigenvalue weighted by Gasteiger charge is 2.44. The Labute approximate surface area is 164 Å². The van der Waals surface area contributed by atoms with Crippen molar-refractivity contribution in [2.24, 2.45) is 0 Å². The zero-order valence-corrected chi connectivity index (χ0v) is 16.7. The van der Waals surface area contributed by atoms with E-state index in [1.54, 1.807) is 21.0 Å². The van der Waals surface area contributed by atoms with Crippen LogP contribution in [0.5, 0.6) is 5.75 Å². The normalized spacial score (nSPS) is 22.8. The summed E-state index contributed by atoms with van der Waals surface area (Å²) >= 11 is 0. The Balaban J connectivity index is 2.20. The second-order valence-electron chi connectivity index (χ2n) is 6.19. The van der Waals surface area contributed by atoms with Crippen molar-refractivity contribution in [3.63, 3.8) is 0 Å². The molecule has 0 saturated carbocycles. The molecule has 2 N–H and O–H groups in total. The Hall–Kier alpha value is -2.16. The van der Waals surface area contributed by atoms with E-state index in [1.165, 1.54) is 29.7 Å². The first-order valence-corrected chi connectivity index (χ1v) is 10.0. The van der Waals surface area contributed by atoms with Gasteiger partial charge in [0, 0.05) is 13.7 Å². The van der Waals surface area contributed by atoms with Crippen LogP contribution in [0.2, 0.25) is 0 Å². The Morgan fingerprint density at radius 3 is 2.54 bits per heavy atom. The van der Waals surface area contributed by atoms with Crippen molar-refractivity contribution >= 4 is 15.9 Å². The number of benzene rings is 1. The minimum atomic E-state index is -4.00. The van der Waals surface area contributed by atoms with Crippen molar-refractivity contribution in [2.45, 2.75) is 37.0 Å². The first-order chi connectivity index (χ1) is 13.3. The van der Waals surface area contributed by atoms with E-state index in [9.17, 15) is 13.2 Å². The summed E-state index contributed by atoms with van der Waals surface area (Å²) in [6.07, 6.45) is -1.13. The number of hydroxylamine groups is 1. The lowest BCUT2D eigenvalue weighted by atomic mass is 10.1. The number of nitrogens with one attached hydrogen (secondary N) is 1. The number of hydrogen-bond donors (Lipinski definition) is 2. The van der Waals surface area contributed by atoms with Gasteiger partial charge in [0.05, 0.1) is 17.1 Å². The average Bonchev–Trinajstić information content (AvgIpc) is 2.67. The summed E-state index contributed by atoms with van der Waals surface area (Å²) in [7, 11) is -2.46. The van der Waals surface area contributed by atoms with E-state index in [-0.39, 0.29) is 18.0 Å². The monoisotopic (exact) mass is 412 g/mol. The summed E-state index contributed by atoms with van der Waals surface area (Å²) in [6.45, 7) is 3.73. The third-order valence-electron chi connectivity index (χ3n) is 4.10. The number of amides is 1. The van der Waals surface area contributed by atoms with Crippen LogP contribution in [-0.4, -0.2) is 69.0 Å². The van der Waals surface area contributed by atoms with E-state index in [0.717, 1.165) is 4.31 Å². The maximum Gasteiger partial charge on any atom is 0.264 e. The van der Waals surface area contributed by atoms with Crippen LogP contribution in [0.1, 0.15) is 13.8 Å². The number of hydrogen-bond acceptors (Lipinski definition) is 7. The van der Waals surface area contributed by atoms with Crippen molar-refractivity contribution in [3.8, 4) is 17.6 Å². The van der Waals surface area contributed by atoms with Gasteiger partial charge in [0.25, 0.3) is 5.91 Å². The number of carbonyl (C=O) groups excluding carboxylic acids is 1. The third-order valence-corrected chi connectivity index (χ3v) is 5.96. The predicted molar refractivity (Wildman–Crippen MR) is 99.2 cm³/mol. The van der Waals surface area contributed by atoms with Crippen LogP contribution in [-0.2, 0) is 24.3 Å². The van der Waals surface area contributed by atoms with Crippen molar-refractivity contribution in [3.05, 3.63) is 24.3 Å². The molecule has 0 bridgehead atoms. The molecule has 3 atom stereocenters. The number of ether oxygens (including phenoxy) is 3. The number of carbonyl (C=O) groups is 1. The maximum atomic E-state index is 13.1. The van der Waals surface area contributed by atoms with Gasteiger partial charge in [-0.1, -0.05) is 11.8 Å². The predicted octanol–water partition coefficient (Wildman–Crippen LogP) is 0.387. The number of morpholine rings is 1. The highest BCUT2D eigenvalue weighted by Crippen LogP contribution is 2.27. The lowest BCUT2D eigenvalue weighted by Gasteiger charge is -2.40. The summed E-state index contributed by atoms with van der Waals surface area (Å²) in [5.41, 5.74) is 1.51. The van der Waals surface area contributed by atoms with Gasteiger partial charge in [0.1, 0.15) is 25.0 Å². The van der Waals surface area contributed by atoms with Crippen LogP contribution in [0.25, 0.3) is 0 Å². The van der Waals surface area contributed by atoms with Crippen molar-refractivity contribution < 1.29 is 32.6 Å². The molecule has 28 heavy (non-hydrogen) atoms. The fraction of sp³-hybridized carbons (Fsp3) is 0.500. The molecule has 1 aromatic rings. The molecule has 154 valence electrons. The third kappa shape index (κ3) is 5.21. The van der Waals surface area contributed by atoms with Crippen LogP contribution >= 0.6 is 0 Å². The molecular formula is C18H24N2O7S. The molecule has 0 aromatic heterocycles. The Morgan fingerprint density at radius 2 is 1.93 bits per heavy atom. The molecule has 1 heterocycles. The second-order valence-corrected chi connectivity index (χ2v) is 8.08. The molecule has 1 saturated heterocycles. The summed E-state index contributed by atoms with van der Waals surface area (Å²) in [6, 6.07) is 4.63. The lowest BCUT2D eigenvalue weighted by Crippen LogP contribution is -2.60. The molecule has 1 aromatic carbocycles. The molecule has 1 aliphatic rings. The molecule has 1 aliphatic heterocycles. The number of methoxy groups -OCH3 is 1. The van der Waals surface area contributed by atoms with Crippen molar-refractivity contribution in [1.82, 2.24) is 9.79 Å². The highest BCUT2D eigenvalue weighted by molar-refractivity contribution is 7.89. The standard InChI is InChI=1S/C18H24N2O7S/c1-13-12-20(17(14(2)27-13)18(21)19-22)28(23,24)16-8-6-15(7-9-16)26-11-5-4-10-25-3/h6-9,13-14,17,22H,10-12H2,1-3H3,(H,19,21). The van der Waals surface area contributed by atoms with Gasteiger partial charge in [-0.05, 0) is 38.1 Å².